The molecule has 3 aliphatic rings. The van der Waals surface area contributed by atoms with Gasteiger partial charge in [-0.2, -0.15) is 0 Å². The maximum atomic E-state index is 12.6. The zero-order valence-electron chi connectivity index (χ0n) is 12.1. The monoisotopic (exact) mass is 252 g/mol. The van der Waals surface area contributed by atoms with Crippen LogP contribution in [0.4, 0.5) is 0 Å². The second kappa shape index (κ2) is 4.25. The normalized spacial score (nSPS) is 29.7. The Bertz CT molecular complexity index is 370. The summed E-state index contributed by atoms with van der Waals surface area (Å²) in [7, 11) is 1.84. The van der Waals surface area contributed by atoms with Crippen LogP contribution in [0, 0.1) is 11.8 Å². The first kappa shape index (κ1) is 13.4. The van der Waals surface area contributed by atoms with Gasteiger partial charge in [-0.05, 0) is 32.6 Å². The molecule has 0 atom stereocenters. The molecule has 2 heterocycles. The van der Waals surface area contributed by atoms with Crippen LogP contribution in [0.3, 0.4) is 0 Å². The first-order valence-electron chi connectivity index (χ1n) is 6.88. The number of likely N-dealkylation sites (N-methyl/N-ethyl adjacent to an activating group) is 1. The topological polar surface area (TPSA) is 40.6 Å². The van der Waals surface area contributed by atoms with Gasteiger partial charge in [0.2, 0.25) is 11.8 Å². The third kappa shape index (κ3) is 1.73. The van der Waals surface area contributed by atoms with Gasteiger partial charge < -0.3 is 9.80 Å². The summed E-state index contributed by atoms with van der Waals surface area (Å²) >= 11 is 0. The molecule has 2 bridgehead atoms. The summed E-state index contributed by atoms with van der Waals surface area (Å²) in [6.45, 7) is 8.60. The molecule has 102 valence electrons. The lowest BCUT2D eigenvalue weighted by molar-refractivity contribution is -0.154. The lowest BCUT2D eigenvalue weighted by Gasteiger charge is -2.44. The number of amides is 2. The molecule has 0 aromatic carbocycles. The summed E-state index contributed by atoms with van der Waals surface area (Å²) in [6.07, 6.45) is 1.72. The van der Waals surface area contributed by atoms with Gasteiger partial charge in [0.15, 0.2) is 0 Å². The number of nitrogens with zero attached hydrogens (tertiary/aromatic N) is 2. The summed E-state index contributed by atoms with van der Waals surface area (Å²) in [5, 5.41) is 0. The van der Waals surface area contributed by atoms with Crippen LogP contribution in [-0.2, 0) is 9.59 Å². The van der Waals surface area contributed by atoms with E-state index in [-0.39, 0.29) is 23.8 Å². The van der Waals surface area contributed by atoms with Crippen LogP contribution in [0.1, 0.15) is 40.5 Å². The minimum atomic E-state index is -0.509. The molecule has 0 unspecified atom stereocenters. The van der Waals surface area contributed by atoms with Crippen molar-refractivity contribution < 1.29 is 9.59 Å². The SMILES string of the molecule is CC(C)C(=O)N1CC2CC1(C(=O)N(C)C(C)C)C2. The van der Waals surface area contributed by atoms with Crippen molar-refractivity contribution in [2.45, 2.75) is 52.1 Å². The highest BCUT2D eigenvalue weighted by Gasteiger charge is 2.63. The van der Waals surface area contributed by atoms with Gasteiger partial charge in [0.25, 0.3) is 0 Å². The number of carbonyl (C=O) groups is 2. The molecular formula is C14H24N2O2. The minimum absolute atomic E-state index is 0.0293. The summed E-state index contributed by atoms with van der Waals surface area (Å²) in [5.74, 6) is 0.761. The van der Waals surface area contributed by atoms with E-state index in [4.69, 9.17) is 0 Å². The van der Waals surface area contributed by atoms with Gasteiger partial charge in [-0.3, -0.25) is 9.59 Å². The lowest BCUT2D eigenvalue weighted by atomic mass is 9.72. The molecule has 0 aromatic rings. The molecular weight excluding hydrogens is 228 g/mol. The third-order valence-corrected chi connectivity index (χ3v) is 4.46. The molecule has 4 heteroatoms. The summed E-state index contributed by atoms with van der Waals surface area (Å²) in [4.78, 5) is 28.5. The molecule has 2 aliphatic heterocycles. The fourth-order valence-electron chi connectivity index (χ4n) is 3.14. The van der Waals surface area contributed by atoms with Crippen LogP contribution in [0.15, 0.2) is 0 Å². The second-order valence-electron chi connectivity index (χ2n) is 6.42. The number of fused-ring (bicyclic) bond motifs is 1. The molecule has 1 saturated carbocycles. The van der Waals surface area contributed by atoms with Crippen molar-refractivity contribution in [3.05, 3.63) is 0 Å². The van der Waals surface area contributed by atoms with Crippen molar-refractivity contribution in [3.8, 4) is 0 Å². The van der Waals surface area contributed by atoms with E-state index >= 15 is 0 Å². The first-order chi connectivity index (χ1) is 8.29. The molecule has 18 heavy (non-hydrogen) atoms. The van der Waals surface area contributed by atoms with Crippen molar-refractivity contribution in [1.82, 2.24) is 9.80 Å². The Labute approximate surface area is 109 Å². The zero-order chi connectivity index (χ0) is 13.7. The summed E-state index contributed by atoms with van der Waals surface area (Å²) in [5.41, 5.74) is -0.509. The molecule has 0 spiro atoms. The standard InChI is InChI=1S/C14H24N2O2/c1-9(2)12(17)16-8-11-6-14(16,7-11)13(18)15(5)10(3)4/h9-11H,6-8H2,1-5H3. The number of hydrogen-bond donors (Lipinski definition) is 0. The van der Waals surface area contributed by atoms with Gasteiger partial charge in [-0.15, -0.1) is 0 Å². The Balaban J connectivity index is 2.20. The van der Waals surface area contributed by atoms with E-state index in [0.29, 0.717) is 5.92 Å². The summed E-state index contributed by atoms with van der Waals surface area (Å²) in [6, 6.07) is 0.183. The van der Waals surface area contributed by atoms with Crippen molar-refractivity contribution in [3.63, 3.8) is 0 Å². The molecule has 2 amide bonds. The molecule has 0 N–H and O–H groups in total. The van der Waals surface area contributed by atoms with Crippen molar-refractivity contribution in [2.24, 2.45) is 11.8 Å². The van der Waals surface area contributed by atoms with Gasteiger partial charge in [0.05, 0.1) is 0 Å². The van der Waals surface area contributed by atoms with E-state index in [1.165, 1.54) is 0 Å². The fourth-order valence-corrected chi connectivity index (χ4v) is 3.14. The van der Waals surface area contributed by atoms with Crippen LogP contribution in [0.5, 0.6) is 0 Å². The molecule has 3 fully saturated rings. The van der Waals surface area contributed by atoms with E-state index in [0.717, 1.165) is 19.4 Å². The van der Waals surface area contributed by atoms with Crippen LogP contribution in [0.25, 0.3) is 0 Å². The van der Waals surface area contributed by atoms with Crippen molar-refractivity contribution >= 4 is 11.8 Å². The quantitative estimate of drug-likeness (QED) is 0.763. The maximum absolute atomic E-state index is 12.6. The van der Waals surface area contributed by atoms with Gasteiger partial charge in [0, 0.05) is 25.6 Å². The average molecular weight is 252 g/mol. The maximum Gasteiger partial charge on any atom is 0.248 e. The Kier molecular flexibility index (Phi) is 3.16. The van der Waals surface area contributed by atoms with Gasteiger partial charge in [-0.1, -0.05) is 13.8 Å². The second-order valence-corrected chi connectivity index (χ2v) is 6.42. The zero-order valence-corrected chi connectivity index (χ0v) is 12.1. The van der Waals surface area contributed by atoms with Gasteiger partial charge in [-0.25, -0.2) is 0 Å². The molecule has 0 aromatic heterocycles. The van der Waals surface area contributed by atoms with Crippen LogP contribution >= 0.6 is 0 Å². The number of carbonyl (C=O) groups excluding carboxylic acids is 2. The highest BCUT2D eigenvalue weighted by molar-refractivity contribution is 5.94. The molecule has 1 aliphatic carbocycles. The Hall–Kier alpha value is -1.06. The molecule has 3 rings (SSSR count). The van der Waals surface area contributed by atoms with E-state index in [9.17, 15) is 9.59 Å². The predicted molar refractivity (Wildman–Crippen MR) is 69.9 cm³/mol. The Morgan fingerprint density at radius 1 is 1.22 bits per heavy atom. The first-order valence-corrected chi connectivity index (χ1v) is 6.88. The minimum Gasteiger partial charge on any atom is -0.341 e. The highest BCUT2D eigenvalue weighted by atomic mass is 16.2. The Morgan fingerprint density at radius 2 is 1.78 bits per heavy atom. The van der Waals surface area contributed by atoms with Crippen molar-refractivity contribution in [1.29, 1.82) is 0 Å². The molecule has 4 nitrogen and oxygen atoms in total. The largest absolute Gasteiger partial charge is 0.341 e. The number of rotatable bonds is 3. The predicted octanol–water partition coefficient (Wildman–Crippen LogP) is 1.50. The van der Waals surface area contributed by atoms with E-state index in [1.807, 2.05) is 39.6 Å². The summed E-state index contributed by atoms with van der Waals surface area (Å²) < 4.78 is 0. The third-order valence-electron chi connectivity index (χ3n) is 4.46. The van der Waals surface area contributed by atoms with Crippen molar-refractivity contribution in [2.75, 3.05) is 13.6 Å². The van der Waals surface area contributed by atoms with E-state index in [1.54, 1.807) is 4.90 Å². The number of hydrogen-bond acceptors (Lipinski definition) is 2. The lowest BCUT2D eigenvalue weighted by Crippen LogP contribution is -2.60. The van der Waals surface area contributed by atoms with Crippen LogP contribution in [-0.4, -0.2) is 46.8 Å². The Morgan fingerprint density at radius 3 is 2.22 bits per heavy atom. The van der Waals surface area contributed by atoms with Crippen LogP contribution in [0.2, 0.25) is 0 Å². The van der Waals surface area contributed by atoms with Gasteiger partial charge >= 0.3 is 0 Å². The molecule has 0 radical (unpaired) electrons. The van der Waals surface area contributed by atoms with E-state index in [2.05, 4.69) is 0 Å². The highest BCUT2D eigenvalue weighted by Crippen LogP contribution is 2.51. The van der Waals surface area contributed by atoms with Gasteiger partial charge in [0.1, 0.15) is 5.54 Å². The van der Waals surface area contributed by atoms with E-state index < -0.39 is 5.54 Å². The smallest absolute Gasteiger partial charge is 0.248 e. The average Bonchev–Trinajstić information content (AvgIpc) is 2.80. The van der Waals surface area contributed by atoms with Crippen LogP contribution < -0.4 is 0 Å². The molecule has 2 saturated heterocycles. The fraction of sp³-hybridized carbons (Fsp3) is 0.857.